The fraction of sp³-hybridized carbons (Fsp3) is 0.0455. The smallest absolute Gasteiger partial charge is 0.295 e. The number of hydrogen-bond acceptors (Lipinski definition) is 5. The predicted octanol–water partition coefficient (Wildman–Crippen LogP) is 3.20. The van der Waals surface area contributed by atoms with Gasteiger partial charge in [-0.1, -0.05) is 24.3 Å². The van der Waals surface area contributed by atoms with Crippen LogP contribution in [0.15, 0.2) is 73.1 Å². The van der Waals surface area contributed by atoms with Gasteiger partial charge in [0, 0.05) is 17.4 Å². The number of pyridine rings is 1. The van der Waals surface area contributed by atoms with Crippen LogP contribution in [-0.4, -0.2) is 28.0 Å². The first-order valence-corrected chi connectivity index (χ1v) is 9.04. The van der Waals surface area contributed by atoms with Gasteiger partial charge in [0.1, 0.15) is 11.5 Å². The predicted molar refractivity (Wildman–Crippen MR) is 110 cm³/mol. The molecule has 0 radical (unpaired) electrons. The fourth-order valence-electron chi connectivity index (χ4n) is 3.11. The van der Waals surface area contributed by atoms with Gasteiger partial charge in [-0.2, -0.15) is 0 Å². The summed E-state index contributed by atoms with van der Waals surface area (Å²) in [5.41, 5.74) is 10.1. The van der Waals surface area contributed by atoms with Gasteiger partial charge in [0.25, 0.3) is 12.4 Å². The number of anilines is 1. The van der Waals surface area contributed by atoms with Crippen molar-refractivity contribution in [1.82, 2.24) is 9.38 Å². The van der Waals surface area contributed by atoms with Crippen molar-refractivity contribution in [3.05, 3.63) is 78.9 Å². The van der Waals surface area contributed by atoms with Crippen LogP contribution >= 0.6 is 0 Å². The van der Waals surface area contributed by atoms with Crippen molar-refractivity contribution in [3.8, 4) is 22.4 Å². The number of carbonyl (C=O) groups excluding carboxylic acids is 2. The zero-order chi connectivity index (χ0) is 21.1. The summed E-state index contributed by atoms with van der Waals surface area (Å²) in [5, 5.41) is 2.60. The first-order valence-electron chi connectivity index (χ1n) is 9.04. The van der Waals surface area contributed by atoms with Crippen LogP contribution in [0.3, 0.4) is 0 Å². The summed E-state index contributed by atoms with van der Waals surface area (Å²) in [7, 11) is 0. The summed E-state index contributed by atoms with van der Waals surface area (Å²) in [6.07, 6.45) is 2.23. The number of halogens is 1. The Labute approximate surface area is 170 Å². The van der Waals surface area contributed by atoms with E-state index in [-0.39, 0.29) is 12.3 Å². The van der Waals surface area contributed by atoms with E-state index in [1.165, 1.54) is 12.1 Å². The monoisotopic (exact) mass is 404 g/mol. The Morgan fingerprint density at radius 3 is 2.67 bits per heavy atom. The molecule has 1 atom stereocenters. The summed E-state index contributed by atoms with van der Waals surface area (Å²) in [6, 6.07) is 17.2. The van der Waals surface area contributed by atoms with Crippen molar-refractivity contribution in [2.24, 2.45) is 5.73 Å². The van der Waals surface area contributed by atoms with Gasteiger partial charge in [0.05, 0.1) is 11.9 Å². The second kappa shape index (κ2) is 8.14. The second-order valence-electron chi connectivity index (χ2n) is 6.52. The summed E-state index contributed by atoms with van der Waals surface area (Å²) < 4.78 is 19.5. The molecule has 0 spiro atoms. The van der Waals surface area contributed by atoms with Crippen LogP contribution in [0.4, 0.5) is 10.1 Å². The molecule has 8 heteroatoms. The number of nitrogens with zero attached hydrogens (tertiary/aromatic N) is 2. The van der Waals surface area contributed by atoms with Crippen LogP contribution in [0, 0.1) is 5.82 Å². The van der Waals surface area contributed by atoms with Crippen molar-refractivity contribution in [1.29, 1.82) is 0 Å². The zero-order valence-corrected chi connectivity index (χ0v) is 15.7. The maximum Gasteiger partial charge on any atom is 0.295 e. The Morgan fingerprint density at radius 1 is 1.10 bits per heavy atom. The number of benzene rings is 2. The standard InChI is InChI=1S/C22H17FN4O3/c23-17-6-4-14(5-7-17)15-8-9-27-19(12-25-20(27)11-15)16-2-1-3-18(10-16)26-22(29)21(24)30-13-28/h1-13,21H,24H2,(H,26,29). The lowest BCUT2D eigenvalue weighted by molar-refractivity contribution is -0.141. The Morgan fingerprint density at radius 2 is 1.90 bits per heavy atom. The molecule has 2 aromatic carbocycles. The molecular formula is C22H17FN4O3. The minimum atomic E-state index is -1.38. The van der Waals surface area contributed by atoms with Gasteiger partial charge in [-0.3, -0.25) is 19.7 Å². The van der Waals surface area contributed by atoms with Crippen molar-refractivity contribution in [2.75, 3.05) is 5.32 Å². The third-order valence-electron chi connectivity index (χ3n) is 4.58. The van der Waals surface area contributed by atoms with Crippen LogP contribution in [0.1, 0.15) is 0 Å². The summed E-state index contributed by atoms with van der Waals surface area (Å²) >= 11 is 0. The highest BCUT2D eigenvalue weighted by Gasteiger charge is 2.15. The SMILES string of the molecule is NC(OC=O)C(=O)Nc1cccc(-c2cnc3cc(-c4ccc(F)cc4)ccn23)c1. The number of carbonyl (C=O) groups is 2. The third-order valence-corrected chi connectivity index (χ3v) is 4.58. The number of nitrogens with two attached hydrogens (primary N) is 1. The molecule has 150 valence electrons. The maximum atomic E-state index is 13.2. The molecule has 2 heterocycles. The van der Waals surface area contributed by atoms with Crippen LogP contribution in [0.2, 0.25) is 0 Å². The van der Waals surface area contributed by atoms with E-state index in [4.69, 9.17) is 5.73 Å². The molecule has 7 nitrogen and oxygen atoms in total. The first kappa shape index (κ1) is 19.3. The molecule has 0 aliphatic rings. The van der Waals surface area contributed by atoms with E-state index in [0.29, 0.717) is 5.69 Å². The average molecular weight is 404 g/mol. The molecule has 1 amide bonds. The Bertz CT molecular complexity index is 1220. The topological polar surface area (TPSA) is 98.7 Å². The molecule has 4 rings (SSSR count). The van der Waals surface area contributed by atoms with Crippen LogP contribution in [0.25, 0.3) is 28.0 Å². The van der Waals surface area contributed by atoms with E-state index >= 15 is 0 Å². The van der Waals surface area contributed by atoms with Crippen molar-refractivity contribution >= 4 is 23.7 Å². The fourth-order valence-corrected chi connectivity index (χ4v) is 3.11. The minimum absolute atomic E-state index is 0.124. The van der Waals surface area contributed by atoms with Gasteiger partial charge in [-0.25, -0.2) is 9.37 Å². The van der Waals surface area contributed by atoms with Gasteiger partial charge in [-0.15, -0.1) is 0 Å². The lowest BCUT2D eigenvalue weighted by Gasteiger charge is -2.11. The Kier molecular flexibility index (Phi) is 5.23. The van der Waals surface area contributed by atoms with Gasteiger partial charge in [0.15, 0.2) is 0 Å². The van der Waals surface area contributed by atoms with E-state index in [1.807, 2.05) is 28.8 Å². The van der Waals surface area contributed by atoms with E-state index in [1.54, 1.807) is 36.5 Å². The van der Waals surface area contributed by atoms with Crippen molar-refractivity contribution in [3.63, 3.8) is 0 Å². The number of fused-ring (bicyclic) bond motifs is 1. The van der Waals surface area contributed by atoms with Crippen LogP contribution in [0.5, 0.6) is 0 Å². The molecule has 4 aromatic rings. The average Bonchev–Trinajstić information content (AvgIpc) is 3.18. The van der Waals surface area contributed by atoms with E-state index in [9.17, 15) is 14.0 Å². The third kappa shape index (κ3) is 3.89. The van der Waals surface area contributed by atoms with E-state index in [0.717, 1.165) is 28.0 Å². The number of nitrogens with one attached hydrogen (secondary N) is 1. The molecule has 30 heavy (non-hydrogen) atoms. The molecule has 0 bridgehead atoms. The molecule has 0 aliphatic carbocycles. The number of ether oxygens (including phenoxy) is 1. The number of amides is 1. The normalized spacial score (nSPS) is 11.8. The first-order chi connectivity index (χ1) is 14.5. The molecule has 3 N–H and O–H groups in total. The van der Waals surface area contributed by atoms with E-state index < -0.39 is 12.1 Å². The largest absolute Gasteiger partial charge is 0.439 e. The minimum Gasteiger partial charge on any atom is -0.439 e. The van der Waals surface area contributed by atoms with Gasteiger partial charge >= 0.3 is 0 Å². The maximum absolute atomic E-state index is 13.2. The zero-order valence-electron chi connectivity index (χ0n) is 15.7. The Hall–Kier alpha value is -4.04. The molecule has 0 saturated heterocycles. The highest BCUT2D eigenvalue weighted by molar-refractivity contribution is 5.94. The van der Waals surface area contributed by atoms with Crippen LogP contribution in [-0.2, 0) is 14.3 Å². The molecule has 0 saturated carbocycles. The lowest BCUT2D eigenvalue weighted by Crippen LogP contribution is -2.37. The second-order valence-corrected chi connectivity index (χ2v) is 6.52. The Balaban J connectivity index is 1.63. The molecular weight excluding hydrogens is 387 g/mol. The number of rotatable bonds is 6. The highest BCUT2D eigenvalue weighted by Crippen LogP contribution is 2.27. The summed E-state index contributed by atoms with van der Waals surface area (Å²) in [4.78, 5) is 26.7. The number of hydrogen-bond donors (Lipinski definition) is 2. The van der Waals surface area contributed by atoms with Gasteiger partial charge < -0.3 is 10.1 Å². The van der Waals surface area contributed by atoms with E-state index in [2.05, 4.69) is 15.0 Å². The highest BCUT2D eigenvalue weighted by atomic mass is 19.1. The molecule has 0 fully saturated rings. The quantitative estimate of drug-likeness (QED) is 0.380. The molecule has 0 aliphatic heterocycles. The number of imidazole rings is 1. The van der Waals surface area contributed by atoms with Crippen molar-refractivity contribution in [2.45, 2.75) is 6.23 Å². The van der Waals surface area contributed by atoms with Gasteiger partial charge in [0.2, 0.25) is 6.23 Å². The van der Waals surface area contributed by atoms with Crippen LogP contribution < -0.4 is 11.1 Å². The summed E-state index contributed by atoms with van der Waals surface area (Å²) in [5.74, 6) is -0.921. The van der Waals surface area contributed by atoms with Crippen molar-refractivity contribution < 1.29 is 18.7 Å². The molecule has 1 unspecified atom stereocenters. The van der Waals surface area contributed by atoms with Gasteiger partial charge in [-0.05, 0) is 47.5 Å². The summed E-state index contributed by atoms with van der Waals surface area (Å²) in [6.45, 7) is 0.124. The lowest BCUT2D eigenvalue weighted by atomic mass is 10.1. The number of aromatic nitrogens is 2. The molecule has 2 aromatic heterocycles.